The number of amides is 1. The van der Waals surface area contributed by atoms with Crippen LogP contribution in [0, 0.1) is 6.92 Å². The van der Waals surface area contributed by atoms with Crippen LogP contribution in [0.25, 0.3) is 0 Å². The molecule has 0 unspecified atom stereocenters. The van der Waals surface area contributed by atoms with Crippen molar-refractivity contribution in [3.8, 4) is 0 Å². The topological polar surface area (TPSA) is 47.9 Å². The zero-order valence-electron chi connectivity index (χ0n) is 14.5. The molecule has 0 aliphatic carbocycles. The maximum atomic E-state index is 11.9. The van der Waals surface area contributed by atoms with Crippen LogP contribution in [-0.2, 0) is 4.79 Å². The van der Waals surface area contributed by atoms with Crippen LogP contribution in [0.4, 0.5) is 5.69 Å². The molecule has 132 valence electrons. The van der Waals surface area contributed by atoms with E-state index in [2.05, 4.69) is 44.6 Å². The monoisotopic (exact) mass is 356 g/mol. The zero-order valence-corrected chi connectivity index (χ0v) is 15.3. The highest BCUT2D eigenvalue weighted by Gasteiger charge is 2.17. The van der Waals surface area contributed by atoms with E-state index in [4.69, 9.17) is 0 Å². The Morgan fingerprint density at radius 3 is 2.64 bits per heavy atom. The van der Waals surface area contributed by atoms with Gasteiger partial charge in [-0.3, -0.25) is 9.69 Å². The minimum absolute atomic E-state index is 0.0315. The number of carbonyl (C=O) groups is 1. The van der Waals surface area contributed by atoms with E-state index in [1.807, 2.05) is 24.4 Å². The summed E-state index contributed by atoms with van der Waals surface area (Å²) in [4.78, 5) is 17.7. The normalized spacial score (nSPS) is 15.6. The standard InChI is InChI=1S/C19H24N4OS/c1-16-8-14-25-18(16)15-20-21-19(24)7-9-22-10-12-23(13-11-22)17-5-3-2-4-6-17/h2-6,8,14-15H,7,9-13H2,1H3,(H,21,24)/b20-15-. The molecular formula is C19H24N4OS. The lowest BCUT2D eigenvalue weighted by Crippen LogP contribution is -2.47. The smallest absolute Gasteiger partial charge is 0.241 e. The van der Waals surface area contributed by atoms with Crippen molar-refractivity contribution in [1.29, 1.82) is 0 Å². The molecule has 25 heavy (non-hydrogen) atoms. The van der Waals surface area contributed by atoms with Gasteiger partial charge in [0.05, 0.1) is 6.21 Å². The van der Waals surface area contributed by atoms with Gasteiger partial charge in [-0.2, -0.15) is 5.10 Å². The lowest BCUT2D eigenvalue weighted by molar-refractivity contribution is -0.121. The lowest BCUT2D eigenvalue weighted by Gasteiger charge is -2.36. The summed E-state index contributed by atoms with van der Waals surface area (Å²) in [5.41, 5.74) is 5.08. The predicted octanol–water partition coefficient (Wildman–Crippen LogP) is 2.72. The van der Waals surface area contributed by atoms with Crippen LogP contribution >= 0.6 is 11.3 Å². The first kappa shape index (κ1) is 17.6. The Labute approximate surface area is 153 Å². The molecule has 1 aliphatic rings. The Bertz CT molecular complexity index is 705. The van der Waals surface area contributed by atoms with Crippen molar-refractivity contribution in [2.75, 3.05) is 37.6 Å². The Kier molecular flexibility index (Phi) is 6.19. The number of hydrogen-bond donors (Lipinski definition) is 1. The summed E-state index contributed by atoms with van der Waals surface area (Å²) < 4.78 is 0. The predicted molar refractivity (Wildman–Crippen MR) is 105 cm³/mol. The van der Waals surface area contributed by atoms with Gasteiger partial charge in [0.2, 0.25) is 5.91 Å². The number of nitrogens with zero attached hydrogens (tertiary/aromatic N) is 3. The van der Waals surface area contributed by atoms with Gasteiger partial charge >= 0.3 is 0 Å². The first-order valence-electron chi connectivity index (χ1n) is 8.61. The highest BCUT2D eigenvalue weighted by molar-refractivity contribution is 7.11. The van der Waals surface area contributed by atoms with Crippen LogP contribution in [0.15, 0.2) is 46.9 Å². The average molecular weight is 356 g/mol. The first-order chi connectivity index (χ1) is 12.2. The van der Waals surface area contributed by atoms with E-state index in [0.29, 0.717) is 6.42 Å². The van der Waals surface area contributed by atoms with E-state index >= 15 is 0 Å². The number of carbonyl (C=O) groups excluding carboxylic acids is 1. The number of aryl methyl sites for hydroxylation is 1. The molecule has 1 aromatic heterocycles. The molecule has 0 saturated carbocycles. The number of para-hydroxylation sites is 1. The van der Waals surface area contributed by atoms with E-state index in [0.717, 1.165) is 37.6 Å². The Hall–Kier alpha value is -2.18. The molecule has 3 rings (SSSR count). The Morgan fingerprint density at radius 1 is 1.20 bits per heavy atom. The number of thiophene rings is 1. The molecule has 1 aromatic carbocycles. The largest absolute Gasteiger partial charge is 0.369 e. The van der Waals surface area contributed by atoms with E-state index in [-0.39, 0.29) is 5.91 Å². The van der Waals surface area contributed by atoms with Crippen LogP contribution in [0.5, 0.6) is 0 Å². The SMILES string of the molecule is Cc1ccsc1/C=N\NC(=O)CCN1CCN(c2ccccc2)CC1. The maximum Gasteiger partial charge on any atom is 0.241 e. The molecule has 0 radical (unpaired) electrons. The molecule has 6 heteroatoms. The minimum atomic E-state index is -0.0315. The van der Waals surface area contributed by atoms with Crippen LogP contribution in [0.3, 0.4) is 0 Å². The zero-order chi connectivity index (χ0) is 17.5. The van der Waals surface area contributed by atoms with Gasteiger partial charge in [-0.05, 0) is 36.1 Å². The molecule has 1 amide bonds. The second-order valence-electron chi connectivity index (χ2n) is 6.18. The number of nitrogens with one attached hydrogen (secondary N) is 1. The van der Waals surface area contributed by atoms with Gasteiger partial charge in [-0.15, -0.1) is 11.3 Å². The van der Waals surface area contributed by atoms with Crippen molar-refractivity contribution >= 4 is 29.1 Å². The highest BCUT2D eigenvalue weighted by Crippen LogP contribution is 2.15. The first-order valence-corrected chi connectivity index (χ1v) is 9.49. The Balaban J connectivity index is 1.36. The van der Waals surface area contributed by atoms with Crippen molar-refractivity contribution in [3.05, 3.63) is 52.2 Å². The van der Waals surface area contributed by atoms with Gasteiger partial charge in [0.25, 0.3) is 0 Å². The molecule has 1 saturated heterocycles. The van der Waals surface area contributed by atoms with E-state index < -0.39 is 0 Å². The van der Waals surface area contributed by atoms with Crippen LogP contribution in [0.1, 0.15) is 16.9 Å². The summed E-state index contributed by atoms with van der Waals surface area (Å²) in [5, 5.41) is 6.07. The van der Waals surface area contributed by atoms with E-state index in [1.54, 1.807) is 17.6 Å². The number of rotatable bonds is 6. The summed E-state index contributed by atoms with van der Waals surface area (Å²) in [6.45, 7) is 6.79. The Morgan fingerprint density at radius 2 is 1.96 bits per heavy atom. The molecule has 0 bridgehead atoms. The van der Waals surface area contributed by atoms with E-state index in [9.17, 15) is 4.79 Å². The highest BCUT2D eigenvalue weighted by atomic mass is 32.1. The fourth-order valence-electron chi connectivity index (χ4n) is 2.86. The fourth-order valence-corrected chi connectivity index (χ4v) is 3.65. The number of piperazine rings is 1. The molecule has 0 atom stereocenters. The maximum absolute atomic E-state index is 11.9. The number of benzene rings is 1. The molecule has 2 aromatic rings. The van der Waals surface area contributed by atoms with Crippen LogP contribution < -0.4 is 10.3 Å². The van der Waals surface area contributed by atoms with Gasteiger partial charge in [-0.25, -0.2) is 5.43 Å². The molecule has 1 N–H and O–H groups in total. The lowest BCUT2D eigenvalue weighted by atomic mass is 10.2. The molecule has 1 aliphatic heterocycles. The third kappa shape index (κ3) is 5.14. The third-order valence-corrected chi connectivity index (χ3v) is 5.37. The minimum Gasteiger partial charge on any atom is -0.369 e. The van der Waals surface area contributed by atoms with E-state index in [1.165, 1.54) is 11.3 Å². The van der Waals surface area contributed by atoms with Gasteiger partial charge in [0.1, 0.15) is 0 Å². The summed E-state index contributed by atoms with van der Waals surface area (Å²) in [5.74, 6) is -0.0315. The molecule has 2 heterocycles. The summed E-state index contributed by atoms with van der Waals surface area (Å²) in [6.07, 6.45) is 2.20. The molecule has 1 fully saturated rings. The number of hydrogen-bond acceptors (Lipinski definition) is 5. The number of hydrazone groups is 1. The average Bonchev–Trinajstić information content (AvgIpc) is 3.06. The summed E-state index contributed by atoms with van der Waals surface area (Å²) >= 11 is 1.62. The second kappa shape index (κ2) is 8.78. The second-order valence-corrected chi connectivity index (χ2v) is 7.12. The van der Waals surface area contributed by atoms with Gasteiger partial charge < -0.3 is 4.90 Å². The van der Waals surface area contributed by atoms with Gasteiger partial charge in [-0.1, -0.05) is 18.2 Å². The van der Waals surface area contributed by atoms with Crippen molar-refractivity contribution in [2.45, 2.75) is 13.3 Å². The van der Waals surface area contributed by atoms with Crippen LogP contribution in [-0.4, -0.2) is 49.7 Å². The van der Waals surface area contributed by atoms with Crippen molar-refractivity contribution in [2.24, 2.45) is 5.10 Å². The molecule has 0 spiro atoms. The van der Waals surface area contributed by atoms with Crippen molar-refractivity contribution in [3.63, 3.8) is 0 Å². The quantitative estimate of drug-likeness (QED) is 0.639. The molecular weight excluding hydrogens is 332 g/mol. The van der Waals surface area contributed by atoms with Crippen molar-refractivity contribution in [1.82, 2.24) is 10.3 Å². The summed E-state index contributed by atoms with van der Waals surface area (Å²) in [6, 6.07) is 12.5. The van der Waals surface area contributed by atoms with Crippen LogP contribution in [0.2, 0.25) is 0 Å². The van der Waals surface area contributed by atoms with Crippen molar-refractivity contribution < 1.29 is 4.79 Å². The molecule has 5 nitrogen and oxygen atoms in total. The third-order valence-electron chi connectivity index (χ3n) is 4.42. The van der Waals surface area contributed by atoms with Gasteiger partial charge in [0, 0.05) is 49.7 Å². The van der Waals surface area contributed by atoms with Gasteiger partial charge in [0.15, 0.2) is 0 Å². The number of anilines is 1. The summed E-state index contributed by atoms with van der Waals surface area (Å²) in [7, 11) is 0. The fraction of sp³-hybridized carbons (Fsp3) is 0.368.